The maximum atomic E-state index is 12.4. The number of hydrogen-bond acceptors (Lipinski definition) is 3. The Kier molecular flexibility index (Phi) is 3.42. The number of nitrogens with zero attached hydrogens (tertiary/aromatic N) is 1. The van der Waals surface area contributed by atoms with Gasteiger partial charge in [0.25, 0.3) is 0 Å². The highest BCUT2D eigenvalue weighted by molar-refractivity contribution is 5.80. The van der Waals surface area contributed by atoms with Crippen LogP contribution in [0.25, 0.3) is 0 Å². The molecule has 2 fully saturated rings. The molecule has 0 radical (unpaired) electrons. The van der Waals surface area contributed by atoms with E-state index in [-0.39, 0.29) is 5.91 Å². The SMILES string of the molecule is COc1ccccc1CC(=O)N1C[C@@H]2CCN[C@@H]2C1. The van der Waals surface area contributed by atoms with E-state index >= 15 is 0 Å². The summed E-state index contributed by atoms with van der Waals surface area (Å²) in [6.45, 7) is 2.87. The second-order valence-electron chi connectivity index (χ2n) is 5.40. The molecule has 4 heteroatoms. The van der Waals surface area contributed by atoms with E-state index in [4.69, 9.17) is 4.74 Å². The van der Waals surface area contributed by atoms with Crippen molar-refractivity contribution in [2.45, 2.75) is 18.9 Å². The summed E-state index contributed by atoms with van der Waals surface area (Å²) in [6.07, 6.45) is 1.63. The van der Waals surface area contributed by atoms with Crippen LogP contribution < -0.4 is 10.1 Å². The summed E-state index contributed by atoms with van der Waals surface area (Å²) in [6, 6.07) is 8.26. The molecular weight excluding hydrogens is 240 g/mol. The fourth-order valence-electron chi connectivity index (χ4n) is 3.18. The number of carbonyl (C=O) groups is 1. The van der Waals surface area contributed by atoms with E-state index in [0.29, 0.717) is 18.4 Å². The molecule has 0 spiro atoms. The van der Waals surface area contributed by atoms with Gasteiger partial charge in [0.15, 0.2) is 0 Å². The van der Waals surface area contributed by atoms with Crippen molar-refractivity contribution in [3.05, 3.63) is 29.8 Å². The van der Waals surface area contributed by atoms with Crippen molar-refractivity contribution in [2.75, 3.05) is 26.7 Å². The quantitative estimate of drug-likeness (QED) is 0.883. The minimum atomic E-state index is 0.209. The Labute approximate surface area is 113 Å². The molecule has 2 aliphatic rings. The zero-order valence-electron chi connectivity index (χ0n) is 11.3. The number of hydrogen-bond donors (Lipinski definition) is 1. The molecule has 19 heavy (non-hydrogen) atoms. The maximum Gasteiger partial charge on any atom is 0.227 e. The third-order valence-corrected chi connectivity index (χ3v) is 4.25. The summed E-state index contributed by atoms with van der Waals surface area (Å²) in [5.41, 5.74) is 0.972. The first-order valence-corrected chi connectivity index (χ1v) is 6.91. The Hall–Kier alpha value is -1.55. The molecule has 1 aromatic carbocycles. The number of rotatable bonds is 3. The molecule has 3 rings (SSSR count). The first-order chi connectivity index (χ1) is 9.28. The number of para-hydroxylation sites is 1. The Balaban J connectivity index is 1.65. The highest BCUT2D eigenvalue weighted by Gasteiger charge is 2.37. The molecule has 0 aliphatic carbocycles. The van der Waals surface area contributed by atoms with Crippen molar-refractivity contribution in [3.63, 3.8) is 0 Å². The molecule has 1 aromatic rings. The smallest absolute Gasteiger partial charge is 0.227 e. The van der Waals surface area contributed by atoms with Crippen LogP contribution in [0, 0.1) is 5.92 Å². The number of methoxy groups -OCH3 is 1. The van der Waals surface area contributed by atoms with Gasteiger partial charge in [-0.2, -0.15) is 0 Å². The number of fused-ring (bicyclic) bond motifs is 1. The number of ether oxygens (including phenoxy) is 1. The van der Waals surface area contributed by atoms with Crippen molar-refractivity contribution in [1.82, 2.24) is 10.2 Å². The summed E-state index contributed by atoms with van der Waals surface area (Å²) in [7, 11) is 1.65. The largest absolute Gasteiger partial charge is 0.496 e. The lowest BCUT2D eigenvalue weighted by atomic mass is 10.1. The minimum Gasteiger partial charge on any atom is -0.496 e. The van der Waals surface area contributed by atoms with E-state index < -0.39 is 0 Å². The number of likely N-dealkylation sites (tertiary alicyclic amines) is 1. The Bertz CT molecular complexity index is 463. The lowest BCUT2D eigenvalue weighted by molar-refractivity contribution is -0.129. The summed E-state index contributed by atoms with van der Waals surface area (Å²) in [5.74, 6) is 1.66. The van der Waals surface area contributed by atoms with Gasteiger partial charge in [0.2, 0.25) is 5.91 Å². The molecule has 1 amide bonds. The van der Waals surface area contributed by atoms with Gasteiger partial charge in [-0.25, -0.2) is 0 Å². The third kappa shape index (κ3) is 2.45. The van der Waals surface area contributed by atoms with Gasteiger partial charge < -0.3 is 15.0 Å². The van der Waals surface area contributed by atoms with Gasteiger partial charge in [0.05, 0.1) is 13.5 Å². The second kappa shape index (κ2) is 5.21. The highest BCUT2D eigenvalue weighted by atomic mass is 16.5. The van der Waals surface area contributed by atoms with Crippen LogP contribution in [-0.4, -0.2) is 43.6 Å². The van der Waals surface area contributed by atoms with Gasteiger partial charge >= 0.3 is 0 Å². The molecule has 2 atom stereocenters. The summed E-state index contributed by atoms with van der Waals surface area (Å²) in [4.78, 5) is 14.4. The fourth-order valence-corrected chi connectivity index (χ4v) is 3.18. The van der Waals surface area contributed by atoms with Crippen LogP contribution in [0.15, 0.2) is 24.3 Å². The van der Waals surface area contributed by atoms with E-state index in [9.17, 15) is 4.79 Å². The highest BCUT2D eigenvalue weighted by Crippen LogP contribution is 2.26. The van der Waals surface area contributed by atoms with Crippen LogP contribution in [0.3, 0.4) is 0 Å². The Morgan fingerprint density at radius 1 is 1.42 bits per heavy atom. The van der Waals surface area contributed by atoms with E-state index in [0.717, 1.165) is 30.9 Å². The molecule has 0 bridgehead atoms. The zero-order chi connectivity index (χ0) is 13.2. The Morgan fingerprint density at radius 2 is 2.26 bits per heavy atom. The van der Waals surface area contributed by atoms with Crippen molar-refractivity contribution < 1.29 is 9.53 Å². The molecule has 0 saturated carbocycles. The van der Waals surface area contributed by atoms with Gasteiger partial charge in [-0.3, -0.25) is 4.79 Å². The van der Waals surface area contributed by atoms with Gasteiger partial charge in [0.1, 0.15) is 5.75 Å². The topological polar surface area (TPSA) is 41.6 Å². The predicted octanol–water partition coefficient (Wildman–Crippen LogP) is 1.06. The molecule has 1 N–H and O–H groups in total. The van der Waals surface area contributed by atoms with E-state index in [1.807, 2.05) is 29.2 Å². The molecule has 4 nitrogen and oxygen atoms in total. The zero-order valence-corrected chi connectivity index (χ0v) is 11.3. The first kappa shape index (κ1) is 12.5. The van der Waals surface area contributed by atoms with Gasteiger partial charge in [0, 0.05) is 24.7 Å². The summed E-state index contributed by atoms with van der Waals surface area (Å²) in [5, 5.41) is 3.47. The molecule has 0 unspecified atom stereocenters. The Morgan fingerprint density at radius 3 is 3.05 bits per heavy atom. The lowest BCUT2D eigenvalue weighted by Crippen LogP contribution is -2.34. The standard InChI is InChI=1S/C15H20N2O2/c1-19-14-5-3-2-4-11(14)8-15(18)17-9-12-6-7-16-13(12)10-17/h2-5,12-13,16H,6-10H2,1H3/t12-,13+/m0/s1. The van der Waals surface area contributed by atoms with Crippen molar-refractivity contribution in [1.29, 1.82) is 0 Å². The normalized spacial score (nSPS) is 25.4. The minimum absolute atomic E-state index is 0.209. The van der Waals surface area contributed by atoms with Crippen LogP contribution in [0.1, 0.15) is 12.0 Å². The second-order valence-corrected chi connectivity index (χ2v) is 5.40. The third-order valence-electron chi connectivity index (χ3n) is 4.25. The average molecular weight is 260 g/mol. The van der Waals surface area contributed by atoms with Gasteiger partial charge in [-0.1, -0.05) is 18.2 Å². The van der Waals surface area contributed by atoms with E-state index in [1.165, 1.54) is 6.42 Å². The lowest BCUT2D eigenvalue weighted by Gasteiger charge is -2.18. The number of carbonyl (C=O) groups excluding carboxylic acids is 1. The van der Waals surface area contributed by atoms with Gasteiger partial charge in [-0.15, -0.1) is 0 Å². The van der Waals surface area contributed by atoms with Crippen molar-refractivity contribution >= 4 is 5.91 Å². The van der Waals surface area contributed by atoms with Crippen LogP contribution in [0.4, 0.5) is 0 Å². The fraction of sp³-hybridized carbons (Fsp3) is 0.533. The maximum absolute atomic E-state index is 12.4. The van der Waals surface area contributed by atoms with Crippen molar-refractivity contribution in [3.8, 4) is 5.75 Å². The number of amides is 1. The molecular formula is C15H20N2O2. The van der Waals surface area contributed by atoms with Crippen molar-refractivity contribution in [2.24, 2.45) is 5.92 Å². The molecule has 2 aliphatic heterocycles. The van der Waals surface area contributed by atoms with Crippen LogP contribution in [0.5, 0.6) is 5.75 Å². The molecule has 0 aromatic heterocycles. The summed E-state index contributed by atoms with van der Waals surface area (Å²) >= 11 is 0. The average Bonchev–Trinajstić information content (AvgIpc) is 3.00. The number of benzene rings is 1. The van der Waals surface area contributed by atoms with Crippen LogP contribution in [-0.2, 0) is 11.2 Å². The summed E-state index contributed by atoms with van der Waals surface area (Å²) < 4.78 is 5.30. The predicted molar refractivity (Wildman–Crippen MR) is 73.2 cm³/mol. The molecule has 2 saturated heterocycles. The van der Waals surface area contributed by atoms with E-state index in [2.05, 4.69) is 5.32 Å². The van der Waals surface area contributed by atoms with E-state index in [1.54, 1.807) is 7.11 Å². The first-order valence-electron chi connectivity index (χ1n) is 6.91. The molecule has 2 heterocycles. The molecule has 102 valence electrons. The number of nitrogens with one attached hydrogen (secondary N) is 1. The van der Waals surface area contributed by atoms with Crippen LogP contribution in [0.2, 0.25) is 0 Å². The van der Waals surface area contributed by atoms with Gasteiger partial charge in [-0.05, 0) is 24.9 Å². The monoisotopic (exact) mass is 260 g/mol. The van der Waals surface area contributed by atoms with Crippen LogP contribution >= 0.6 is 0 Å².